The average molecular weight is 194 g/mol. The summed E-state index contributed by atoms with van der Waals surface area (Å²) in [5.41, 5.74) is 4.17. The number of nitrogens with two attached hydrogens (primary N) is 1. The van der Waals surface area contributed by atoms with Crippen molar-refractivity contribution in [3.8, 4) is 0 Å². The summed E-state index contributed by atoms with van der Waals surface area (Å²) in [5, 5.41) is 0.634. The Kier molecular flexibility index (Phi) is 5.42. The number of primary amides is 1. The van der Waals surface area contributed by atoms with E-state index >= 15 is 0 Å². The Bertz CT molecular complexity index is 213. The number of halogens is 2. The minimum Gasteiger partial charge on any atom is -0.372 e. The molecular weight excluding hydrogens is 189 g/mol. The number of rotatable bonds is 0. The van der Waals surface area contributed by atoms with Crippen LogP contribution in [0, 0.1) is 0 Å². The quantitative estimate of drug-likeness (QED) is 0.623. The van der Waals surface area contributed by atoms with E-state index in [1.807, 2.05) is 0 Å². The Morgan fingerprint density at radius 3 is 1.91 bits per heavy atom. The predicted molar refractivity (Wildman–Crippen MR) is 42.3 cm³/mol. The molecule has 0 saturated heterocycles. The molecule has 60 valence electrons. The van der Waals surface area contributed by atoms with Gasteiger partial charge in [0.2, 0.25) is 6.41 Å². The summed E-state index contributed by atoms with van der Waals surface area (Å²) in [5.74, 6) is 0. The maximum atomic E-state index is 8.58. The fourth-order valence-corrected chi connectivity index (χ4v) is 0.658. The minimum absolute atomic E-state index is 0.250. The Balaban J connectivity index is 0.000000292. The molecule has 0 aliphatic heterocycles. The Morgan fingerprint density at radius 2 is 1.73 bits per heavy atom. The number of amides is 1. The molecule has 0 radical (unpaired) electrons. The maximum absolute atomic E-state index is 8.58. The van der Waals surface area contributed by atoms with Gasteiger partial charge >= 0.3 is 0 Å². The lowest BCUT2D eigenvalue weighted by atomic mass is 10.8. The summed E-state index contributed by atoms with van der Waals surface area (Å²) >= 11 is 10.8. The smallest absolute Gasteiger partial charge is 0.204 e. The number of nitrogens with zero attached hydrogens (tertiary/aromatic N) is 2. The molecule has 0 spiro atoms. The minimum atomic E-state index is 0.250. The molecule has 0 aromatic carbocycles. The highest BCUT2D eigenvalue weighted by molar-refractivity contribution is 6.32. The third-order valence-corrected chi connectivity index (χ3v) is 0.940. The van der Waals surface area contributed by atoms with Crippen molar-refractivity contribution >= 4 is 29.6 Å². The molecule has 0 aliphatic rings. The van der Waals surface area contributed by atoms with Crippen LogP contribution in [0.5, 0.6) is 0 Å². The lowest BCUT2D eigenvalue weighted by Gasteiger charge is -1.85. The molecule has 1 rings (SSSR count). The van der Waals surface area contributed by atoms with Gasteiger partial charge in [-0.15, -0.1) is 0 Å². The van der Waals surface area contributed by atoms with Crippen LogP contribution >= 0.6 is 23.2 Å². The van der Waals surface area contributed by atoms with Gasteiger partial charge in [0.1, 0.15) is 10.3 Å². The van der Waals surface area contributed by atoms with E-state index in [9.17, 15) is 0 Å². The van der Waals surface area contributed by atoms with E-state index in [1.54, 1.807) is 0 Å². The van der Waals surface area contributed by atoms with Crippen molar-refractivity contribution in [2.75, 3.05) is 0 Å². The second-order valence-corrected chi connectivity index (χ2v) is 2.08. The van der Waals surface area contributed by atoms with Gasteiger partial charge in [0.15, 0.2) is 0 Å². The van der Waals surface area contributed by atoms with Gasteiger partial charge in [-0.3, -0.25) is 9.78 Å². The van der Waals surface area contributed by atoms with Crippen LogP contribution in [0.2, 0.25) is 10.3 Å². The van der Waals surface area contributed by atoms with Gasteiger partial charge in [-0.1, -0.05) is 23.2 Å². The van der Waals surface area contributed by atoms with Crippen LogP contribution in [-0.2, 0) is 4.79 Å². The highest BCUT2D eigenvalue weighted by Crippen LogP contribution is 2.05. The molecule has 2 N–H and O–H groups in total. The van der Waals surface area contributed by atoms with Crippen molar-refractivity contribution in [1.29, 1.82) is 0 Å². The maximum Gasteiger partial charge on any atom is 0.204 e. The zero-order chi connectivity index (χ0) is 8.69. The van der Waals surface area contributed by atoms with Crippen molar-refractivity contribution in [1.82, 2.24) is 9.97 Å². The molecule has 1 heterocycles. The Hall–Kier alpha value is -0.870. The van der Waals surface area contributed by atoms with Crippen molar-refractivity contribution in [3.05, 3.63) is 22.7 Å². The first-order chi connectivity index (χ1) is 5.20. The van der Waals surface area contributed by atoms with Crippen molar-refractivity contribution in [2.24, 2.45) is 5.73 Å². The third-order valence-electron chi connectivity index (χ3n) is 0.576. The van der Waals surface area contributed by atoms with Gasteiger partial charge in [0.25, 0.3) is 0 Å². The van der Waals surface area contributed by atoms with Crippen LogP contribution in [0.3, 0.4) is 0 Å². The molecule has 0 aliphatic carbocycles. The first-order valence-electron chi connectivity index (χ1n) is 2.49. The lowest BCUT2D eigenvalue weighted by Crippen LogP contribution is -1.82. The van der Waals surface area contributed by atoms with Crippen LogP contribution in [0.1, 0.15) is 0 Å². The number of carbonyl (C=O) groups excluding carboxylic acids is 1. The Morgan fingerprint density at radius 1 is 1.36 bits per heavy atom. The second kappa shape index (κ2) is 5.88. The molecule has 0 saturated carbocycles. The van der Waals surface area contributed by atoms with Crippen LogP contribution in [0.4, 0.5) is 0 Å². The SMILES string of the molecule is Clc1cncc(Cl)n1.NC=O. The molecule has 4 nitrogen and oxygen atoms in total. The zero-order valence-electron chi connectivity index (χ0n) is 5.37. The normalized spacial score (nSPS) is 7.82. The molecule has 0 unspecified atom stereocenters. The molecule has 11 heavy (non-hydrogen) atoms. The van der Waals surface area contributed by atoms with Crippen molar-refractivity contribution in [2.45, 2.75) is 0 Å². The van der Waals surface area contributed by atoms with Gasteiger partial charge in [0.05, 0.1) is 12.4 Å². The molecule has 6 heteroatoms. The first-order valence-corrected chi connectivity index (χ1v) is 3.24. The van der Waals surface area contributed by atoms with E-state index in [1.165, 1.54) is 12.4 Å². The summed E-state index contributed by atoms with van der Waals surface area (Å²) in [7, 11) is 0. The third kappa shape index (κ3) is 5.57. The van der Waals surface area contributed by atoms with E-state index in [0.29, 0.717) is 10.3 Å². The summed E-state index contributed by atoms with van der Waals surface area (Å²) in [6, 6.07) is 0. The molecule has 0 bridgehead atoms. The number of carbonyl (C=O) groups is 1. The standard InChI is InChI=1S/C4H2Cl2N2.CH3NO/c5-3-1-7-2-4(6)8-3;2-1-3/h1-2H;1H,(H2,2,3). The van der Waals surface area contributed by atoms with E-state index < -0.39 is 0 Å². The van der Waals surface area contributed by atoms with Crippen molar-refractivity contribution < 1.29 is 4.79 Å². The first kappa shape index (κ1) is 10.1. The predicted octanol–water partition coefficient (Wildman–Crippen LogP) is 0.885. The van der Waals surface area contributed by atoms with Gasteiger partial charge in [0, 0.05) is 0 Å². The summed E-state index contributed by atoms with van der Waals surface area (Å²) in [4.78, 5) is 15.9. The van der Waals surface area contributed by atoms with E-state index in [4.69, 9.17) is 28.0 Å². The van der Waals surface area contributed by atoms with E-state index in [-0.39, 0.29) is 6.41 Å². The van der Waals surface area contributed by atoms with Gasteiger partial charge in [-0.25, -0.2) is 4.98 Å². The number of hydrogen-bond acceptors (Lipinski definition) is 3. The van der Waals surface area contributed by atoms with Gasteiger partial charge in [-0.2, -0.15) is 0 Å². The summed E-state index contributed by atoms with van der Waals surface area (Å²) in [6.45, 7) is 0. The van der Waals surface area contributed by atoms with E-state index in [0.717, 1.165) is 0 Å². The zero-order valence-corrected chi connectivity index (χ0v) is 6.88. The highest BCUT2D eigenvalue weighted by Gasteiger charge is 1.87. The van der Waals surface area contributed by atoms with Gasteiger partial charge < -0.3 is 5.73 Å². The number of hydrogen-bond donors (Lipinski definition) is 1. The molecule has 0 atom stereocenters. The van der Waals surface area contributed by atoms with Crippen LogP contribution in [-0.4, -0.2) is 16.4 Å². The lowest BCUT2D eigenvalue weighted by molar-refractivity contribution is -0.106. The monoisotopic (exact) mass is 193 g/mol. The average Bonchev–Trinajstić information content (AvgIpc) is 1.88. The molecule has 0 fully saturated rings. The van der Waals surface area contributed by atoms with Crippen molar-refractivity contribution in [3.63, 3.8) is 0 Å². The number of aromatic nitrogens is 2. The molecule has 1 aromatic heterocycles. The molecule has 1 aromatic rings. The fraction of sp³-hybridized carbons (Fsp3) is 0. The molecule has 1 amide bonds. The van der Waals surface area contributed by atoms with Crippen LogP contribution in [0.15, 0.2) is 12.4 Å². The highest BCUT2D eigenvalue weighted by atomic mass is 35.5. The Labute approximate surface area is 73.3 Å². The summed E-state index contributed by atoms with van der Waals surface area (Å²) < 4.78 is 0. The largest absolute Gasteiger partial charge is 0.372 e. The molecular formula is C5H5Cl2N3O. The van der Waals surface area contributed by atoms with Crippen LogP contribution < -0.4 is 5.73 Å². The van der Waals surface area contributed by atoms with Crippen LogP contribution in [0.25, 0.3) is 0 Å². The fourth-order valence-electron chi connectivity index (χ4n) is 0.320. The summed E-state index contributed by atoms with van der Waals surface area (Å²) in [6.07, 6.45) is 3.10. The topological polar surface area (TPSA) is 68.9 Å². The second-order valence-electron chi connectivity index (χ2n) is 1.30. The van der Waals surface area contributed by atoms with Gasteiger partial charge in [-0.05, 0) is 0 Å². The van der Waals surface area contributed by atoms with E-state index in [2.05, 4.69) is 15.7 Å².